The molecule has 0 aromatic heterocycles. The number of amides is 2. The van der Waals surface area contributed by atoms with E-state index in [1.165, 1.54) is 0 Å². The van der Waals surface area contributed by atoms with E-state index in [0.29, 0.717) is 6.61 Å². The topological polar surface area (TPSA) is 64.4 Å². The first-order valence-corrected chi connectivity index (χ1v) is 5.97. The molecule has 0 radical (unpaired) electrons. The predicted octanol–water partition coefficient (Wildman–Crippen LogP) is 1.79. The molecule has 0 spiro atoms. The third-order valence-electron chi connectivity index (χ3n) is 3.09. The van der Waals surface area contributed by atoms with Gasteiger partial charge in [0, 0.05) is 0 Å². The number of nitrogens with one attached hydrogen (secondary N) is 1. The summed E-state index contributed by atoms with van der Waals surface area (Å²) in [6.45, 7) is 0.586. The maximum absolute atomic E-state index is 10.8. The molecule has 1 aliphatic carbocycles. The monoisotopic (exact) mass is 234 g/mol. The van der Waals surface area contributed by atoms with Crippen LogP contribution >= 0.6 is 0 Å². The van der Waals surface area contributed by atoms with Gasteiger partial charge in [-0.2, -0.15) is 0 Å². The minimum atomic E-state index is -0.467. The van der Waals surface area contributed by atoms with Crippen LogP contribution in [0.15, 0.2) is 30.3 Å². The molecule has 2 amide bonds. The van der Waals surface area contributed by atoms with E-state index in [1.54, 1.807) is 0 Å². The Bertz CT molecular complexity index is 367. The van der Waals surface area contributed by atoms with Gasteiger partial charge in [-0.25, -0.2) is 4.79 Å². The molecule has 1 aliphatic rings. The van der Waals surface area contributed by atoms with Gasteiger partial charge in [0.05, 0.1) is 18.8 Å². The molecule has 0 saturated heterocycles. The maximum Gasteiger partial charge on any atom is 0.312 e. The number of carbonyl (C=O) groups is 1. The molecule has 1 saturated carbocycles. The van der Waals surface area contributed by atoms with Crippen molar-refractivity contribution >= 4 is 6.03 Å². The fourth-order valence-electron chi connectivity index (χ4n) is 2.25. The molecule has 4 nitrogen and oxygen atoms in total. The van der Waals surface area contributed by atoms with Gasteiger partial charge < -0.3 is 15.8 Å². The molecular weight excluding hydrogens is 216 g/mol. The molecule has 2 rings (SSSR count). The smallest absolute Gasteiger partial charge is 0.312 e. The number of ether oxygens (including phenoxy) is 1. The van der Waals surface area contributed by atoms with Gasteiger partial charge in [0.2, 0.25) is 0 Å². The highest BCUT2D eigenvalue weighted by molar-refractivity contribution is 5.72. The molecule has 3 N–H and O–H groups in total. The van der Waals surface area contributed by atoms with E-state index >= 15 is 0 Å². The van der Waals surface area contributed by atoms with Crippen LogP contribution < -0.4 is 11.1 Å². The zero-order valence-corrected chi connectivity index (χ0v) is 9.76. The van der Waals surface area contributed by atoms with Crippen LogP contribution in [0.4, 0.5) is 4.79 Å². The van der Waals surface area contributed by atoms with Gasteiger partial charge in [0.15, 0.2) is 0 Å². The molecule has 0 aliphatic heterocycles. The Morgan fingerprint density at radius 2 is 2.12 bits per heavy atom. The summed E-state index contributed by atoms with van der Waals surface area (Å²) in [6.07, 6.45) is 3.09. The third-order valence-corrected chi connectivity index (χ3v) is 3.09. The number of rotatable bonds is 4. The van der Waals surface area contributed by atoms with Crippen LogP contribution in [0.5, 0.6) is 0 Å². The fraction of sp³-hybridized carbons (Fsp3) is 0.462. The molecule has 92 valence electrons. The van der Waals surface area contributed by atoms with Gasteiger partial charge in [-0.3, -0.25) is 0 Å². The number of carbonyl (C=O) groups excluding carboxylic acids is 1. The quantitative estimate of drug-likeness (QED) is 0.834. The minimum Gasteiger partial charge on any atom is -0.371 e. The summed E-state index contributed by atoms with van der Waals surface area (Å²) in [5, 5.41) is 2.74. The van der Waals surface area contributed by atoms with Crippen LogP contribution in [0.2, 0.25) is 0 Å². The maximum atomic E-state index is 10.8. The Balaban J connectivity index is 1.84. The van der Waals surface area contributed by atoms with Crippen LogP contribution in [-0.4, -0.2) is 18.2 Å². The predicted molar refractivity (Wildman–Crippen MR) is 65.4 cm³/mol. The summed E-state index contributed by atoms with van der Waals surface area (Å²) in [5.74, 6) is 0. The number of hydrogen-bond acceptors (Lipinski definition) is 2. The van der Waals surface area contributed by atoms with Crippen molar-refractivity contribution in [3.63, 3.8) is 0 Å². The van der Waals surface area contributed by atoms with Crippen molar-refractivity contribution in [2.24, 2.45) is 5.73 Å². The Morgan fingerprint density at radius 1 is 1.35 bits per heavy atom. The summed E-state index contributed by atoms with van der Waals surface area (Å²) in [5.41, 5.74) is 6.29. The molecular formula is C13H18N2O2. The Labute approximate surface area is 101 Å². The highest BCUT2D eigenvalue weighted by atomic mass is 16.5. The number of primary amides is 1. The first-order valence-electron chi connectivity index (χ1n) is 5.97. The second-order valence-electron chi connectivity index (χ2n) is 4.38. The molecule has 17 heavy (non-hydrogen) atoms. The Hall–Kier alpha value is -1.55. The normalized spacial score (nSPS) is 23.5. The summed E-state index contributed by atoms with van der Waals surface area (Å²) in [6, 6.07) is 9.63. The van der Waals surface area contributed by atoms with Gasteiger partial charge >= 0.3 is 6.03 Å². The van der Waals surface area contributed by atoms with Crippen molar-refractivity contribution in [1.82, 2.24) is 5.32 Å². The van der Waals surface area contributed by atoms with Crippen LogP contribution in [0.3, 0.4) is 0 Å². The average Bonchev–Trinajstić information content (AvgIpc) is 2.74. The van der Waals surface area contributed by atoms with Gasteiger partial charge in [0.1, 0.15) is 0 Å². The molecule has 2 atom stereocenters. The Kier molecular flexibility index (Phi) is 3.98. The van der Waals surface area contributed by atoms with E-state index in [4.69, 9.17) is 10.5 Å². The minimum absolute atomic E-state index is 0.0659. The second-order valence-corrected chi connectivity index (χ2v) is 4.38. The van der Waals surface area contributed by atoms with E-state index in [2.05, 4.69) is 5.32 Å². The number of urea groups is 1. The summed E-state index contributed by atoms with van der Waals surface area (Å²) >= 11 is 0. The lowest BCUT2D eigenvalue weighted by Gasteiger charge is -2.20. The zero-order valence-electron chi connectivity index (χ0n) is 9.76. The van der Waals surface area contributed by atoms with E-state index in [-0.39, 0.29) is 12.1 Å². The van der Waals surface area contributed by atoms with Crippen molar-refractivity contribution in [3.8, 4) is 0 Å². The fourth-order valence-corrected chi connectivity index (χ4v) is 2.25. The zero-order chi connectivity index (χ0) is 12.1. The standard InChI is InChI=1S/C13H18N2O2/c14-13(16)15-11-7-4-8-12(11)17-9-10-5-2-1-3-6-10/h1-3,5-6,11-12H,4,7-9H2,(H3,14,15,16)/t11-,12-/m0/s1. The summed E-state index contributed by atoms with van der Waals surface area (Å²) < 4.78 is 5.83. The summed E-state index contributed by atoms with van der Waals surface area (Å²) in [4.78, 5) is 10.8. The van der Waals surface area contributed by atoms with Gasteiger partial charge in [-0.15, -0.1) is 0 Å². The van der Waals surface area contributed by atoms with Crippen molar-refractivity contribution in [2.45, 2.75) is 38.0 Å². The lowest BCUT2D eigenvalue weighted by molar-refractivity contribution is 0.0303. The van der Waals surface area contributed by atoms with E-state index in [0.717, 1.165) is 24.8 Å². The highest BCUT2D eigenvalue weighted by Crippen LogP contribution is 2.23. The molecule has 0 unspecified atom stereocenters. The molecule has 1 aromatic carbocycles. The van der Waals surface area contributed by atoms with Crippen LogP contribution in [0.25, 0.3) is 0 Å². The lowest BCUT2D eigenvalue weighted by Crippen LogP contribution is -2.43. The van der Waals surface area contributed by atoms with E-state index in [9.17, 15) is 4.79 Å². The molecule has 4 heteroatoms. The average molecular weight is 234 g/mol. The van der Waals surface area contributed by atoms with Crippen LogP contribution in [-0.2, 0) is 11.3 Å². The SMILES string of the molecule is NC(=O)N[C@H]1CCC[C@@H]1OCc1ccccc1. The number of benzene rings is 1. The molecule has 1 fully saturated rings. The second kappa shape index (κ2) is 5.68. The molecule has 0 bridgehead atoms. The third kappa shape index (κ3) is 3.46. The lowest BCUT2D eigenvalue weighted by atomic mass is 10.2. The van der Waals surface area contributed by atoms with Gasteiger partial charge in [-0.05, 0) is 24.8 Å². The molecule has 1 aromatic rings. The first-order chi connectivity index (χ1) is 8.25. The molecule has 0 heterocycles. The van der Waals surface area contributed by atoms with Crippen LogP contribution in [0.1, 0.15) is 24.8 Å². The number of nitrogens with two attached hydrogens (primary N) is 1. The van der Waals surface area contributed by atoms with Crippen molar-refractivity contribution in [3.05, 3.63) is 35.9 Å². The summed E-state index contributed by atoms with van der Waals surface area (Å²) in [7, 11) is 0. The van der Waals surface area contributed by atoms with E-state index in [1.807, 2.05) is 30.3 Å². The highest BCUT2D eigenvalue weighted by Gasteiger charge is 2.28. The van der Waals surface area contributed by atoms with Gasteiger partial charge in [0.25, 0.3) is 0 Å². The van der Waals surface area contributed by atoms with Gasteiger partial charge in [-0.1, -0.05) is 30.3 Å². The first kappa shape index (κ1) is 11.9. The van der Waals surface area contributed by atoms with E-state index < -0.39 is 6.03 Å². The van der Waals surface area contributed by atoms with Crippen molar-refractivity contribution in [2.75, 3.05) is 0 Å². The van der Waals surface area contributed by atoms with Crippen LogP contribution in [0, 0.1) is 0 Å². The van der Waals surface area contributed by atoms with Crippen molar-refractivity contribution < 1.29 is 9.53 Å². The Morgan fingerprint density at radius 3 is 2.82 bits per heavy atom. The number of hydrogen-bond donors (Lipinski definition) is 2. The van der Waals surface area contributed by atoms with Crippen molar-refractivity contribution in [1.29, 1.82) is 0 Å². The largest absolute Gasteiger partial charge is 0.371 e.